The zero-order valence-corrected chi connectivity index (χ0v) is 12.6. The minimum Gasteiger partial charge on any atom is -0.331 e. The van der Waals surface area contributed by atoms with Crippen LogP contribution in [0.1, 0.15) is 29.8 Å². The molecule has 1 amide bonds. The van der Waals surface area contributed by atoms with Crippen LogP contribution in [0, 0.1) is 0 Å². The quantitative estimate of drug-likeness (QED) is 0.862. The van der Waals surface area contributed by atoms with Crippen LogP contribution in [0.5, 0.6) is 0 Å². The summed E-state index contributed by atoms with van der Waals surface area (Å²) in [6.07, 6.45) is -4.52. The highest BCUT2D eigenvalue weighted by Crippen LogP contribution is 2.33. The molecule has 1 heterocycles. The van der Waals surface area contributed by atoms with Gasteiger partial charge in [-0.05, 0) is 26.0 Å². The highest BCUT2D eigenvalue weighted by Gasteiger charge is 2.38. The molecule has 0 radical (unpaired) electrons. The van der Waals surface area contributed by atoms with E-state index in [0.717, 1.165) is 6.07 Å². The molecule has 118 valence electrons. The zero-order valence-electron chi connectivity index (χ0n) is 11.8. The maximum absolute atomic E-state index is 13.0. The summed E-state index contributed by atoms with van der Waals surface area (Å²) in [5.41, 5.74) is -1.15. The van der Waals surface area contributed by atoms with E-state index in [1.165, 1.54) is 23.1 Å². The molecule has 1 saturated heterocycles. The van der Waals surface area contributed by atoms with Gasteiger partial charge >= 0.3 is 6.18 Å². The van der Waals surface area contributed by atoms with Gasteiger partial charge in [0.15, 0.2) is 0 Å². The Balaban J connectivity index is 0.00000220. The van der Waals surface area contributed by atoms with Crippen LogP contribution in [0.4, 0.5) is 13.2 Å². The van der Waals surface area contributed by atoms with Gasteiger partial charge in [0.25, 0.3) is 5.91 Å². The average molecular weight is 323 g/mol. The van der Waals surface area contributed by atoms with E-state index in [4.69, 9.17) is 0 Å². The van der Waals surface area contributed by atoms with E-state index < -0.39 is 17.6 Å². The van der Waals surface area contributed by atoms with Crippen LogP contribution in [0.3, 0.4) is 0 Å². The van der Waals surface area contributed by atoms with Gasteiger partial charge < -0.3 is 10.2 Å². The van der Waals surface area contributed by atoms with Crippen LogP contribution in [0.15, 0.2) is 24.3 Å². The van der Waals surface area contributed by atoms with Crippen molar-refractivity contribution >= 4 is 18.3 Å². The lowest BCUT2D eigenvalue weighted by atomic mass is 10.0. The van der Waals surface area contributed by atoms with Gasteiger partial charge in [0.1, 0.15) is 0 Å². The van der Waals surface area contributed by atoms with Crippen LogP contribution in [0.2, 0.25) is 0 Å². The topological polar surface area (TPSA) is 32.3 Å². The van der Waals surface area contributed by atoms with E-state index in [1.54, 1.807) is 0 Å². The van der Waals surface area contributed by atoms with Crippen molar-refractivity contribution in [3.05, 3.63) is 35.4 Å². The minimum atomic E-state index is -4.52. The summed E-state index contributed by atoms with van der Waals surface area (Å²) in [5.74, 6) is -0.556. The van der Waals surface area contributed by atoms with E-state index in [2.05, 4.69) is 5.32 Å². The Kier molecular flexibility index (Phi) is 5.64. The number of carbonyl (C=O) groups excluding carboxylic acids is 1. The first-order valence-electron chi connectivity index (χ1n) is 6.52. The molecule has 0 saturated carbocycles. The maximum Gasteiger partial charge on any atom is 0.417 e. The van der Waals surface area contributed by atoms with E-state index in [-0.39, 0.29) is 30.1 Å². The Morgan fingerprint density at radius 3 is 2.24 bits per heavy atom. The van der Waals surface area contributed by atoms with Gasteiger partial charge in [-0.15, -0.1) is 12.4 Å². The summed E-state index contributed by atoms with van der Waals surface area (Å²) in [5, 5.41) is 3.15. The lowest BCUT2D eigenvalue weighted by molar-refractivity contribution is -0.138. The second-order valence-corrected chi connectivity index (χ2v) is 5.11. The fourth-order valence-electron chi connectivity index (χ4n) is 2.59. The Morgan fingerprint density at radius 1 is 1.19 bits per heavy atom. The molecule has 0 bridgehead atoms. The summed E-state index contributed by atoms with van der Waals surface area (Å²) in [7, 11) is 0. The van der Waals surface area contributed by atoms with Crippen LogP contribution in [-0.2, 0) is 6.18 Å². The summed E-state index contributed by atoms with van der Waals surface area (Å²) in [4.78, 5) is 14.0. The molecule has 1 aliphatic rings. The molecule has 0 aromatic heterocycles. The van der Waals surface area contributed by atoms with Crippen LogP contribution < -0.4 is 5.32 Å². The maximum atomic E-state index is 13.0. The Hall–Kier alpha value is -1.27. The molecule has 1 aliphatic heterocycles. The third-order valence-electron chi connectivity index (χ3n) is 3.53. The predicted octanol–water partition coefficient (Wildman–Crippen LogP) is 2.95. The predicted molar refractivity (Wildman–Crippen MR) is 76.7 cm³/mol. The second kappa shape index (κ2) is 6.66. The van der Waals surface area contributed by atoms with E-state index in [1.807, 2.05) is 13.8 Å². The molecule has 21 heavy (non-hydrogen) atoms. The number of hydrogen-bond donors (Lipinski definition) is 1. The Labute approximate surface area is 127 Å². The van der Waals surface area contributed by atoms with Crippen LogP contribution >= 0.6 is 12.4 Å². The lowest BCUT2D eigenvalue weighted by Gasteiger charge is -2.39. The normalized spacial score (nSPS) is 22.6. The SMILES string of the molecule is CC1CNCC(C)N1C(=O)c1ccccc1C(F)(F)F.Cl. The van der Waals surface area contributed by atoms with Crippen molar-refractivity contribution in [1.82, 2.24) is 10.2 Å². The van der Waals surface area contributed by atoms with Gasteiger partial charge in [-0.1, -0.05) is 12.1 Å². The standard InChI is InChI=1S/C14H17F3N2O.ClH/c1-9-7-18-8-10(2)19(9)13(20)11-5-3-4-6-12(11)14(15,16)17;/h3-6,9-10,18H,7-8H2,1-2H3;1H. The fourth-order valence-corrected chi connectivity index (χ4v) is 2.59. The monoisotopic (exact) mass is 322 g/mol. The molecule has 1 fully saturated rings. The van der Waals surface area contributed by atoms with Gasteiger partial charge in [0.05, 0.1) is 11.1 Å². The van der Waals surface area contributed by atoms with Gasteiger partial charge in [-0.25, -0.2) is 0 Å². The Bertz CT molecular complexity index is 497. The van der Waals surface area contributed by atoms with Crippen molar-refractivity contribution in [1.29, 1.82) is 0 Å². The van der Waals surface area contributed by atoms with Crippen molar-refractivity contribution < 1.29 is 18.0 Å². The Morgan fingerprint density at radius 2 is 1.71 bits per heavy atom. The minimum absolute atomic E-state index is 0. The van der Waals surface area contributed by atoms with Crippen molar-refractivity contribution in [3.8, 4) is 0 Å². The number of nitrogens with one attached hydrogen (secondary N) is 1. The van der Waals surface area contributed by atoms with Gasteiger partial charge in [0.2, 0.25) is 0 Å². The number of piperazine rings is 1. The number of nitrogens with zero attached hydrogens (tertiary/aromatic N) is 1. The van der Waals surface area contributed by atoms with Crippen LogP contribution in [0.25, 0.3) is 0 Å². The molecule has 1 aromatic carbocycles. The van der Waals surface area contributed by atoms with E-state index in [0.29, 0.717) is 13.1 Å². The fraction of sp³-hybridized carbons (Fsp3) is 0.500. The average Bonchev–Trinajstić information content (AvgIpc) is 2.37. The molecule has 0 aliphatic carbocycles. The van der Waals surface area contributed by atoms with Gasteiger partial charge in [-0.2, -0.15) is 13.2 Å². The molecule has 1 aromatic rings. The van der Waals surface area contributed by atoms with Gasteiger partial charge in [-0.3, -0.25) is 4.79 Å². The number of amides is 1. The summed E-state index contributed by atoms with van der Waals surface area (Å²) in [6, 6.07) is 4.68. The highest BCUT2D eigenvalue weighted by atomic mass is 35.5. The molecule has 2 unspecified atom stereocenters. The molecule has 3 nitrogen and oxygen atoms in total. The molecule has 2 atom stereocenters. The smallest absolute Gasteiger partial charge is 0.331 e. The first kappa shape index (κ1) is 17.8. The van der Waals surface area contributed by atoms with Gasteiger partial charge in [0, 0.05) is 25.2 Å². The first-order valence-corrected chi connectivity index (χ1v) is 6.52. The lowest BCUT2D eigenvalue weighted by Crippen LogP contribution is -2.57. The summed E-state index contributed by atoms with van der Waals surface area (Å²) in [6.45, 7) is 4.84. The number of rotatable bonds is 1. The second-order valence-electron chi connectivity index (χ2n) is 5.11. The molecule has 0 spiro atoms. The van der Waals surface area contributed by atoms with E-state index in [9.17, 15) is 18.0 Å². The number of benzene rings is 1. The molecule has 2 rings (SSSR count). The first-order chi connectivity index (χ1) is 9.32. The van der Waals surface area contributed by atoms with Crippen molar-refractivity contribution in [2.24, 2.45) is 0 Å². The third-order valence-corrected chi connectivity index (χ3v) is 3.53. The summed E-state index contributed by atoms with van der Waals surface area (Å²) >= 11 is 0. The largest absolute Gasteiger partial charge is 0.417 e. The molecule has 7 heteroatoms. The van der Waals surface area contributed by atoms with Crippen molar-refractivity contribution in [3.63, 3.8) is 0 Å². The number of alkyl halides is 3. The summed E-state index contributed by atoms with van der Waals surface area (Å²) < 4.78 is 39.0. The number of carbonyl (C=O) groups is 1. The third kappa shape index (κ3) is 3.68. The van der Waals surface area contributed by atoms with Crippen LogP contribution in [-0.4, -0.2) is 36.0 Å². The van der Waals surface area contributed by atoms with Crippen molar-refractivity contribution in [2.45, 2.75) is 32.1 Å². The number of hydrogen-bond acceptors (Lipinski definition) is 2. The van der Waals surface area contributed by atoms with Crippen molar-refractivity contribution in [2.75, 3.05) is 13.1 Å². The number of halogens is 4. The molecular weight excluding hydrogens is 305 g/mol. The zero-order chi connectivity index (χ0) is 14.9. The van der Waals surface area contributed by atoms with E-state index >= 15 is 0 Å². The molecule has 1 N–H and O–H groups in total. The highest BCUT2D eigenvalue weighted by molar-refractivity contribution is 5.96. The molecular formula is C14H18ClF3N2O.